The van der Waals surface area contributed by atoms with Crippen molar-refractivity contribution in [2.75, 3.05) is 5.32 Å². The molecule has 1 amide bonds. The van der Waals surface area contributed by atoms with Crippen molar-refractivity contribution in [1.29, 1.82) is 0 Å². The van der Waals surface area contributed by atoms with Crippen LogP contribution in [0.2, 0.25) is 0 Å². The fourth-order valence-electron chi connectivity index (χ4n) is 2.51. The van der Waals surface area contributed by atoms with Crippen molar-refractivity contribution in [2.45, 2.75) is 0 Å². The number of carbonyl (C=O) groups excluding carboxylic acids is 1. The van der Waals surface area contributed by atoms with E-state index in [1.165, 1.54) is 17.7 Å². The maximum atomic E-state index is 12.6. The first-order valence-electron chi connectivity index (χ1n) is 7.09. The number of oxazole rings is 1. The lowest BCUT2D eigenvalue weighted by molar-refractivity contribution is 0.102. The molecule has 0 saturated carbocycles. The van der Waals surface area contributed by atoms with Crippen molar-refractivity contribution in [1.82, 2.24) is 4.98 Å². The highest BCUT2D eigenvalue weighted by Crippen LogP contribution is 2.29. The summed E-state index contributed by atoms with van der Waals surface area (Å²) in [6.45, 7) is 0. The van der Waals surface area contributed by atoms with Gasteiger partial charge in [0.15, 0.2) is 17.8 Å². The van der Waals surface area contributed by atoms with Gasteiger partial charge in [0.1, 0.15) is 0 Å². The predicted molar refractivity (Wildman–Crippen MR) is 91.7 cm³/mol. The van der Waals surface area contributed by atoms with E-state index in [0.717, 1.165) is 21.3 Å². The minimum absolute atomic E-state index is 0.279. The largest absolute Gasteiger partial charge is 0.442 e. The number of benzene rings is 2. The molecule has 0 aliphatic heterocycles. The maximum Gasteiger partial charge on any atom is 0.278 e. The average Bonchev–Trinajstić information content (AvgIpc) is 3.26. The van der Waals surface area contributed by atoms with Crippen molar-refractivity contribution < 1.29 is 9.21 Å². The summed E-state index contributed by atoms with van der Waals surface area (Å²) in [5, 5.41) is 6.93. The topological polar surface area (TPSA) is 55.1 Å². The van der Waals surface area contributed by atoms with Gasteiger partial charge in [-0.05, 0) is 22.9 Å². The molecule has 2 heterocycles. The first kappa shape index (κ1) is 13.7. The molecule has 4 nitrogen and oxygen atoms in total. The van der Waals surface area contributed by atoms with Crippen LogP contribution in [0.5, 0.6) is 0 Å². The number of rotatable bonds is 3. The van der Waals surface area contributed by atoms with Crippen LogP contribution in [0.1, 0.15) is 10.5 Å². The van der Waals surface area contributed by atoms with Gasteiger partial charge in [-0.25, -0.2) is 4.98 Å². The van der Waals surface area contributed by atoms with Gasteiger partial charge in [-0.3, -0.25) is 4.79 Å². The molecule has 0 aliphatic rings. The molecule has 0 saturated heterocycles. The van der Waals surface area contributed by atoms with E-state index >= 15 is 0 Å². The third-order valence-corrected chi connectivity index (χ3v) is 4.43. The molecular weight excluding hydrogens is 308 g/mol. The molecule has 0 spiro atoms. The van der Waals surface area contributed by atoms with Crippen molar-refractivity contribution in [2.24, 2.45) is 0 Å². The van der Waals surface area contributed by atoms with Crippen LogP contribution in [0, 0.1) is 0 Å². The molecular formula is C18H12N2O2S. The van der Waals surface area contributed by atoms with Gasteiger partial charge >= 0.3 is 0 Å². The number of carbonyl (C=O) groups is 1. The molecule has 0 bridgehead atoms. The summed E-state index contributed by atoms with van der Waals surface area (Å²) in [4.78, 5) is 17.6. The Labute approximate surface area is 136 Å². The van der Waals surface area contributed by atoms with E-state index in [0.29, 0.717) is 11.5 Å². The number of nitrogens with one attached hydrogen (secondary N) is 1. The first-order valence-corrected chi connectivity index (χ1v) is 7.97. The lowest BCUT2D eigenvalue weighted by atomic mass is 10.1. The quantitative estimate of drug-likeness (QED) is 0.589. The zero-order valence-corrected chi connectivity index (χ0v) is 12.8. The van der Waals surface area contributed by atoms with Gasteiger partial charge < -0.3 is 9.73 Å². The Bertz CT molecular complexity index is 968. The Kier molecular flexibility index (Phi) is 3.40. The van der Waals surface area contributed by atoms with Gasteiger partial charge in [-0.1, -0.05) is 42.5 Å². The molecule has 2 aromatic carbocycles. The van der Waals surface area contributed by atoms with Gasteiger partial charge in [-0.15, -0.1) is 11.3 Å². The van der Waals surface area contributed by atoms with E-state index < -0.39 is 0 Å². The minimum atomic E-state index is -0.279. The number of hydrogen-bond donors (Lipinski definition) is 1. The summed E-state index contributed by atoms with van der Waals surface area (Å²) in [6.07, 6.45) is 1.30. The summed E-state index contributed by atoms with van der Waals surface area (Å²) >= 11 is 1.51. The van der Waals surface area contributed by atoms with Crippen LogP contribution in [-0.4, -0.2) is 10.9 Å². The summed E-state index contributed by atoms with van der Waals surface area (Å²) in [7, 11) is 0. The standard InChI is InChI=1S/C18H12N2O2S/c21-18(16-17(22-11-19-16)15-9-4-10-23-15)20-14-8-3-6-12-5-1-2-7-13(12)14/h1-11H,(H,20,21). The second kappa shape index (κ2) is 5.70. The molecule has 23 heavy (non-hydrogen) atoms. The average molecular weight is 320 g/mol. The number of amides is 1. The summed E-state index contributed by atoms with van der Waals surface area (Å²) in [5.41, 5.74) is 1.05. The van der Waals surface area contributed by atoms with Gasteiger partial charge in [0.25, 0.3) is 5.91 Å². The molecule has 1 N–H and O–H groups in total. The second-order valence-corrected chi connectivity index (χ2v) is 5.94. The van der Waals surface area contributed by atoms with Gasteiger partial charge in [0, 0.05) is 11.1 Å². The zero-order chi connectivity index (χ0) is 15.6. The number of aromatic nitrogens is 1. The molecule has 112 valence electrons. The number of anilines is 1. The van der Waals surface area contributed by atoms with Crippen molar-refractivity contribution >= 4 is 33.7 Å². The Morgan fingerprint density at radius 1 is 1.04 bits per heavy atom. The molecule has 0 radical (unpaired) electrons. The SMILES string of the molecule is O=C(Nc1cccc2ccccc12)c1ncoc1-c1cccs1. The molecule has 0 fully saturated rings. The van der Waals surface area contributed by atoms with Crippen molar-refractivity contribution in [3.8, 4) is 10.6 Å². The third kappa shape index (κ3) is 2.51. The van der Waals surface area contributed by atoms with Gasteiger partial charge in [0.2, 0.25) is 0 Å². The predicted octanol–water partition coefficient (Wildman–Crippen LogP) is 4.81. The van der Waals surface area contributed by atoms with E-state index in [2.05, 4.69) is 10.3 Å². The minimum Gasteiger partial charge on any atom is -0.442 e. The van der Waals surface area contributed by atoms with Crippen molar-refractivity contribution in [3.63, 3.8) is 0 Å². The highest BCUT2D eigenvalue weighted by molar-refractivity contribution is 7.13. The van der Waals surface area contributed by atoms with Crippen molar-refractivity contribution in [3.05, 3.63) is 72.1 Å². The Morgan fingerprint density at radius 3 is 2.78 bits per heavy atom. The normalized spacial score (nSPS) is 10.8. The van der Waals surface area contributed by atoms with E-state index in [4.69, 9.17) is 4.42 Å². The van der Waals surface area contributed by atoms with Crippen LogP contribution in [0.4, 0.5) is 5.69 Å². The number of thiophene rings is 1. The van der Waals surface area contributed by atoms with E-state index in [1.54, 1.807) is 0 Å². The Morgan fingerprint density at radius 2 is 1.91 bits per heavy atom. The molecule has 2 aromatic heterocycles. The monoisotopic (exact) mass is 320 g/mol. The molecule has 4 rings (SSSR count). The molecule has 0 unspecified atom stereocenters. The van der Waals surface area contributed by atoms with Crippen LogP contribution >= 0.6 is 11.3 Å². The van der Waals surface area contributed by atoms with Crippen LogP contribution in [0.15, 0.2) is 70.8 Å². The summed E-state index contributed by atoms with van der Waals surface area (Å²) in [5.74, 6) is 0.219. The summed E-state index contributed by atoms with van der Waals surface area (Å²) in [6, 6.07) is 17.5. The molecule has 0 aliphatic carbocycles. The second-order valence-electron chi connectivity index (χ2n) is 4.99. The lowest BCUT2D eigenvalue weighted by Crippen LogP contribution is -2.13. The summed E-state index contributed by atoms with van der Waals surface area (Å²) < 4.78 is 5.39. The van der Waals surface area contributed by atoms with Crippen LogP contribution in [-0.2, 0) is 0 Å². The Hall–Kier alpha value is -2.92. The maximum absolute atomic E-state index is 12.6. The molecule has 0 atom stereocenters. The fourth-order valence-corrected chi connectivity index (χ4v) is 3.22. The van der Waals surface area contributed by atoms with Gasteiger partial charge in [0.05, 0.1) is 4.88 Å². The van der Waals surface area contributed by atoms with E-state index in [1.807, 2.05) is 60.0 Å². The number of fused-ring (bicyclic) bond motifs is 1. The van der Waals surface area contributed by atoms with Crippen LogP contribution in [0.25, 0.3) is 21.4 Å². The highest BCUT2D eigenvalue weighted by Gasteiger charge is 2.19. The lowest BCUT2D eigenvalue weighted by Gasteiger charge is -2.08. The third-order valence-electron chi connectivity index (χ3n) is 3.57. The zero-order valence-electron chi connectivity index (χ0n) is 12.0. The molecule has 4 aromatic rings. The fraction of sp³-hybridized carbons (Fsp3) is 0. The highest BCUT2D eigenvalue weighted by atomic mass is 32.1. The number of hydrogen-bond acceptors (Lipinski definition) is 4. The van der Waals surface area contributed by atoms with Crippen LogP contribution < -0.4 is 5.32 Å². The van der Waals surface area contributed by atoms with E-state index in [-0.39, 0.29) is 5.91 Å². The number of nitrogens with zero attached hydrogens (tertiary/aromatic N) is 1. The first-order chi connectivity index (χ1) is 11.3. The van der Waals surface area contributed by atoms with E-state index in [9.17, 15) is 4.79 Å². The smallest absolute Gasteiger partial charge is 0.278 e. The molecule has 5 heteroatoms. The van der Waals surface area contributed by atoms with Crippen LogP contribution in [0.3, 0.4) is 0 Å². The van der Waals surface area contributed by atoms with Gasteiger partial charge in [-0.2, -0.15) is 0 Å². The Balaban J connectivity index is 1.70.